The maximum absolute atomic E-state index is 12.6. The number of aromatic nitrogens is 1. The standard InChI is InChI=1S/C24H36N4O3/c1-15(2)10-19-20(11-25)24(26-23(18-6-7-18)21(19)14-29)28-13-16(3)27(12-17(28)4)22(30)8-9-31-5/h15-18,29H,6-10,12-14H2,1-5H3/t16-,17+/m1/s1. The van der Waals surface area contributed by atoms with Crippen molar-refractivity contribution in [1.29, 1.82) is 5.26 Å². The first-order chi connectivity index (χ1) is 14.8. The van der Waals surface area contributed by atoms with Gasteiger partial charge < -0.3 is 19.6 Å². The number of nitriles is 1. The van der Waals surface area contributed by atoms with Crippen LogP contribution in [0, 0.1) is 17.2 Å². The molecule has 2 aliphatic rings. The summed E-state index contributed by atoms with van der Waals surface area (Å²) in [4.78, 5) is 21.7. The van der Waals surface area contributed by atoms with E-state index < -0.39 is 0 Å². The van der Waals surface area contributed by atoms with Crippen molar-refractivity contribution in [1.82, 2.24) is 9.88 Å². The zero-order valence-corrected chi connectivity index (χ0v) is 19.5. The Hall–Kier alpha value is -2.17. The van der Waals surface area contributed by atoms with Crippen LogP contribution in [0.4, 0.5) is 5.82 Å². The molecule has 0 radical (unpaired) electrons. The van der Waals surface area contributed by atoms with Gasteiger partial charge >= 0.3 is 0 Å². The number of carbonyl (C=O) groups excluding carboxylic acids is 1. The van der Waals surface area contributed by atoms with Crippen molar-refractivity contribution >= 4 is 11.7 Å². The Morgan fingerprint density at radius 2 is 1.97 bits per heavy atom. The van der Waals surface area contributed by atoms with Crippen LogP contribution in [-0.2, 0) is 22.6 Å². The lowest BCUT2D eigenvalue weighted by Crippen LogP contribution is -2.58. The van der Waals surface area contributed by atoms with E-state index in [1.165, 1.54) is 0 Å². The topological polar surface area (TPSA) is 89.7 Å². The monoisotopic (exact) mass is 428 g/mol. The first kappa shape index (κ1) is 23.5. The number of aliphatic hydroxyl groups excluding tert-OH is 1. The molecule has 7 nitrogen and oxygen atoms in total. The lowest BCUT2D eigenvalue weighted by atomic mass is 9.91. The molecular weight excluding hydrogens is 392 g/mol. The number of pyridine rings is 1. The van der Waals surface area contributed by atoms with E-state index in [0.29, 0.717) is 43.5 Å². The Morgan fingerprint density at radius 1 is 1.26 bits per heavy atom. The zero-order chi connectivity index (χ0) is 22.7. The van der Waals surface area contributed by atoms with Crippen molar-refractivity contribution in [3.8, 4) is 6.07 Å². The van der Waals surface area contributed by atoms with Crippen LogP contribution in [0.1, 0.15) is 75.3 Å². The van der Waals surface area contributed by atoms with Crippen molar-refractivity contribution in [2.45, 2.75) is 78.0 Å². The van der Waals surface area contributed by atoms with Gasteiger partial charge in [-0.25, -0.2) is 4.98 Å². The summed E-state index contributed by atoms with van der Waals surface area (Å²) in [6, 6.07) is 2.47. The molecule has 0 unspecified atom stereocenters. The molecule has 1 saturated heterocycles. The predicted octanol–water partition coefficient (Wildman–Crippen LogP) is 2.98. The number of piperazine rings is 1. The van der Waals surface area contributed by atoms with Crippen molar-refractivity contribution < 1.29 is 14.6 Å². The average molecular weight is 429 g/mol. The summed E-state index contributed by atoms with van der Waals surface area (Å²) >= 11 is 0. The van der Waals surface area contributed by atoms with Crippen LogP contribution in [0.25, 0.3) is 0 Å². The highest BCUT2D eigenvalue weighted by Crippen LogP contribution is 2.44. The van der Waals surface area contributed by atoms with Crippen LogP contribution in [0.3, 0.4) is 0 Å². The number of carbonyl (C=O) groups is 1. The normalized spacial score (nSPS) is 21.5. The van der Waals surface area contributed by atoms with Gasteiger partial charge in [-0.1, -0.05) is 13.8 Å². The first-order valence-electron chi connectivity index (χ1n) is 11.4. The molecule has 2 atom stereocenters. The van der Waals surface area contributed by atoms with Crippen LogP contribution in [-0.4, -0.2) is 59.8 Å². The highest BCUT2D eigenvalue weighted by molar-refractivity contribution is 5.77. The van der Waals surface area contributed by atoms with Gasteiger partial charge in [-0.15, -0.1) is 0 Å². The van der Waals surface area contributed by atoms with Gasteiger partial charge in [0.2, 0.25) is 5.91 Å². The highest BCUT2D eigenvalue weighted by atomic mass is 16.5. The largest absolute Gasteiger partial charge is 0.392 e. The minimum atomic E-state index is -0.0798. The summed E-state index contributed by atoms with van der Waals surface area (Å²) in [5.41, 5.74) is 3.35. The molecule has 0 aromatic carbocycles. The molecule has 31 heavy (non-hydrogen) atoms. The Kier molecular flexibility index (Phi) is 7.55. The number of aliphatic hydroxyl groups is 1. The van der Waals surface area contributed by atoms with Crippen molar-refractivity contribution in [2.24, 2.45) is 5.92 Å². The molecule has 7 heteroatoms. The van der Waals surface area contributed by atoms with Gasteiger partial charge in [0.25, 0.3) is 0 Å². The van der Waals surface area contributed by atoms with Crippen LogP contribution in [0.15, 0.2) is 0 Å². The number of anilines is 1. The molecule has 1 N–H and O–H groups in total. The van der Waals surface area contributed by atoms with E-state index >= 15 is 0 Å². The van der Waals surface area contributed by atoms with Crippen molar-refractivity contribution in [3.63, 3.8) is 0 Å². The fourth-order valence-electron chi connectivity index (χ4n) is 4.61. The van der Waals surface area contributed by atoms with Crippen molar-refractivity contribution in [3.05, 3.63) is 22.4 Å². The second kappa shape index (κ2) is 9.97. The zero-order valence-electron chi connectivity index (χ0n) is 19.5. The van der Waals surface area contributed by atoms with Gasteiger partial charge in [-0.05, 0) is 44.6 Å². The van der Waals surface area contributed by atoms with Crippen molar-refractivity contribution in [2.75, 3.05) is 31.7 Å². The number of methoxy groups -OCH3 is 1. The van der Waals surface area contributed by atoms with Gasteiger partial charge in [0.05, 0.1) is 30.9 Å². The molecule has 2 heterocycles. The van der Waals surface area contributed by atoms with Crippen LogP contribution in [0.5, 0.6) is 0 Å². The fraction of sp³-hybridized carbons (Fsp3) is 0.708. The molecule has 1 aliphatic carbocycles. The third kappa shape index (κ3) is 5.02. The van der Waals surface area contributed by atoms with Gasteiger partial charge in [0.1, 0.15) is 11.9 Å². The molecule has 1 aromatic rings. The quantitative estimate of drug-likeness (QED) is 0.685. The maximum Gasteiger partial charge on any atom is 0.225 e. The van der Waals surface area contributed by atoms with Gasteiger partial charge in [-0.3, -0.25) is 4.79 Å². The minimum Gasteiger partial charge on any atom is -0.392 e. The summed E-state index contributed by atoms with van der Waals surface area (Å²) in [5.74, 6) is 1.57. The number of rotatable bonds is 8. The summed E-state index contributed by atoms with van der Waals surface area (Å²) in [6.45, 7) is 9.97. The van der Waals surface area contributed by atoms with Crippen LogP contribution in [0.2, 0.25) is 0 Å². The Labute approximate surface area is 186 Å². The molecule has 1 aromatic heterocycles. The van der Waals surface area contributed by atoms with Gasteiger partial charge in [0.15, 0.2) is 0 Å². The number of hydrogen-bond acceptors (Lipinski definition) is 6. The summed E-state index contributed by atoms with van der Waals surface area (Å²) in [7, 11) is 1.61. The second-order valence-corrected chi connectivity index (χ2v) is 9.43. The lowest BCUT2D eigenvalue weighted by molar-refractivity contribution is -0.135. The highest BCUT2D eigenvalue weighted by Gasteiger charge is 2.37. The Morgan fingerprint density at radius 3 is 2.52 bits per heavy atom. The molecular formula is C24H36N4O3. The van der Waals surface area contributed by atoms with E-state index in [1.54, 1.807) is 7.11 Å². The number of ether oxygens (including phenoxy) is 1. The molecule has 3 rings (SSSR count). The molecule has 0 spiro atoms. The summed E-state index contributed by atoms with van der Waals surface area (Å²) in [6.07, 6.45) is 3.29. The SMILES string of the molecule is COCCC(=O)N1C[C@H](C)N(c2nc(C3CC3)c(CO)c(CC(C)C)c2C#N)C[C@H]1C. The first-order valence-corrected chi connectivity index (χ1v) is 11.4. The van der Waals surface area contributed by atoms with E-state index in [9.17, 15) is 15.2 Å². The van der Waals surface area contributed by atoms with Gasteiger partial charge in [-0.2, -0.15) is 5.26 Å². The van der Waals surface area contributed by atoms with Gasteiger partial charge in [0, 0.05) is 43.8 Å². The molecule has 170 valence electrons. The van der Waals surface area contributed by atoms with E-state index in [-0.39, 0.29) is 24.6 Å². The molecule has 0 bridgehead atoms. The van der Waals surface area contributed by atoms with Crippen LogP contribution < -0.4 is 4.90 Å². The maximum atomic E-state index is 12.6. The fourth-order valence-corrected chi connectivity index (χ4v) is 4.61. The predicted molar refractivity (Wildman–Crippen MR) is 120 cm³/mol. The smallest absolute Gasteiger partial charge is 0.225 e. The third-order valence-corrected chi connectivity index (χ3v) is 6.37. The third-order valence-electron chi connectivity index (χ3n) is 6.37. The second-order valence-electron chi connectivity index (χ2n) is 9.43. The molecule has 1 aliphatic heterocycles. The molecule has 1 saturated carbocycles. The lowest BCUT2D eigenvalue weighted by Gasteiger charge is -2.45. The number of nitrogens with zero attached hydrogens (tertiary/aromatic N) is 4. The van der Waals surface area contributed by atoms with E-state index in [0.717, 1.165) is 41.9 Å². The number of hydrogen-bond donors (Lipinski definition) is 1. The summed E-state index contributed by atoms with van der Waals surface area (Å²) in [5, 5.41) is 20.3. The average Bonchev–Trinajstić information content (AvgIpc) is 3.57. The summed E-state index contributed by atoms with van der Waals surface area (Å²) < 4.78 is 5.07. The van der Waals surface area contributed by atoms with E-state index in [4.69, 9.17) is 9.72 Å². The van der Waals surface area contributed by atoms with E-state index in [2.05, 4.69) is 38.7 Å². The molecule has 2 fully saturated rings. The molecule has 1 amide bonds. The number of amides is 1. The minimum absolute atomic E-state index is 0.0179. The van der Waals surface area contributed by atoms with Crippen LogP contribution >= 0.6 is 0 Å². The Balaban J connectivity index is 1.99. The van der Waals surface area contributed by atoms with E-state index in [1.807, 2.05) is 4.90 Å². The Bertz CT molecular complexity index is 844.